The van der Waals surface area contributed by atoms with Crippen LogP contribution in [-0.4, -0.2) is 20.2 Å². The Morgan fingerprint density at radius 1 is 0.440 bits per heavy atom. The van der Waals surface area contributed by atoms with E-state index in [1.54, 1.807) is 72.8 Å². The second-order valence-corrected chi connectivity index (χ2v) is 5.80. The van der Waals surface area contributed by atoms with Gasteiger partial charge < -0.3 is 15.3 Å². The van der Waals surface area contributed by atoms with E-state index >= 15 is 0 Å². The number of nitrogens with zero attached hydrogens (tertiary/aromatic N) is 1. The van der Waals surface area contributed by atoms with Gasteiger partial charge in [0.15, 0.2) is 0 Å². The minimum absolute atomic E-state index is 0.590. The highest BCUT2D eigenvalue weighted by Crippen LogP contribution is 2.34. The molecule has 0 radical (unpaired) electrons. The van der Waals surface area contributed by atoms with Gasteiger partial charge in [0.05, 0.1) is 0 Å². The molecule has 0 amide bonds. The number of aliphatic hydroxyl groups is 3. The molecule has 3 rings (SSSR count). The third kappa shape index (κ3) is 3.95. The predicted molar refractivity (Wildman–Crippen MR) is 96.0 cm³/mol. The molecule has 0 heterocycles. The summed E-state index contributed by atoms with van der Waals surface area (Å²) < 4.78 is 0. The maximum Gasteiger partial charge on any atom is 0.138 e. The molecule has 0 fully saturated rings. The van der Waals surface area contributed by atoms with Gasteiger partial charge in [-0.3, -0.25) is 0 Å². The smallest absolute Gasteiger partial charge is 0.138 e. The molecule has 25 heavy (non-hydrogen) atoms. The first-order valence-electron chi connectivity index (χ1n) is 8.15. The summed E-state index contributed by atoms with van der Waals surface area (Å²) in [4.78, 5) is 1.28. The Kier molecular flexibility index (Phi) is 5.58. The number of aliphatic hydroxyl groups excluding tert-OH is 3. The number of rotatable bonds is 6. The fourth-order valence-electron chi connectivity index (χ4n) is 2.79. The van der Waals surface area contributed by atoms with Crippen LogP contribution in [-0.2, 0) is 0 Å². The fourth-order valence-corrected chi connectivity index (χ4v) is 2.79. The van der Waals surface area contributed by atoms with Crippen molar-refractivity contribution in [2.75, 3.05) is 0 Å². The minimum Gasteiger partial charge on any atom is -0.374 e. The van der Waals surface area contributed by atoms with E-state index in [-0.39, 0.29) is 0 Å². The van der Waals surface area contributed by atoms with Crippen LogP contribution in [0, 0.1) is 0 Å². The molecule has 0 aliphatic heterocycles. The van der Waals surface area contributed by atoms with Gasteiger partial charge in [0, 0.05) is 0 Å². The zero-order valence-corrected chi connectivity index (χ0v) is 13.7. The molecule has 0 spiro atoms. The molecule has 0 aliphatic carbocycles. The molecule has 3 N–H and O–H groups in total. The predicted octanol–water partition coefficient (Wildman–Crippen LogP) is 3.36. The van der Waals surface area contributed by atoms with Crippen molar-refractivity contribution in [3.8, 4) is 0 Å². The van der Waals surface area contributed by atoms with Gasteiger partial charge in [-0.05, 0) is 16.7 Å². The molecular weight excluding hydrogens is 314 g/mol. The molecule has 0 aliphatic rings. The van der Waals surface area contributed by atoms with Gasteiger partial charge in [-0.25, -0.2) is 4.90 Å². The number of benzene rings is 3. The Bertz CT molecular complexity index is 657. The molecule has 0 saturated heterocycles. The van der Waals surface area contributed by atoms with Crippen molar-refractivity contribution in [3.05, 3.63) is 108 Å². The summed E-state index contributed by atoms with van der Waals surface area (Å²) in [6, 6.07) is 26.9. The monoisotopic (exact) mass is 335 g/mol. The van der Waals surface area contributed by atoms with Gasteiger partial charge >= 0.3 is 0 Å². The second-order valence-electron chi connectivity index (χ2n) is 5.80. The average molecular weight is 335 g/mol. The fraction of sp³-hybridized carbons (Fsp3) is 0.143. The van der Waals surface area contributed by atoms with Crippen molar-refractivity contribution in [2.24, 2.45) is 0 Å². The van der Waals surface area contributed by atoms with E-state index in [9.17, 15) is 15.3 Å². The van der Waals surface area contributed by atoms with Crippen LogP contribution in [0.15, 0.2) is 91.0 Å². The maximum atomic E-state index is 10.8. The van der Waals surface area contributed by atoms with Crippen molar-refractivity contribution in [1.82, 2.24) is 4.90 Å². The molecule has 4 heteroatoms. The molecule has 3 atom stereocenters. The molecule has 0 saturated carbocycles. The van der Waals surface area contributed by atoms with Crippen molar-refractivity contribution < 1.29 is 15.3 Å². The standard InChI is InChI=1S/C21H21NO3/c23-19(16-10-4-1-5-11-16)22(20(24)17-12-6-2-7-13-17)21(25)18-14-8-3-9-15-18/h1-15,19-21,23-25H/t19-,20-,21-/m1/s1. The molecule has 3 aromatic rings. The lowest BCUT2D eigenvalue weighted by Crippen LogP contribution is -2.36. The van der Waals surface area contributed by atoms with Crippen LogP contribution in [0.2, 0.25) is 0 Å². The highest BCUT2D eigenvalue weighted by Gasteiger charge is 2.32. The molecular formula is C21H21NO3. The van der Waals surface area contributed by atoms with Gasteiger partial charge in [0.25, 0.3) is 0 Å². The summed E-state index contributed by atoms with van der Waals surface area (Å²) in [5.41, 5.74) is 1.77. The Balaban J connectivity index is 1.99. The lowest BCUT2D eigenvalue weighted by molar-refractivity contribution is -0.187. The first-order chi connectivity index (χ1) is 12.2. The van der Waals surface area contributed by atoms with Gasteiger partial charge in [-0.15, -0.1) is 0 Å². The Morgan fingerprint density at radius 3 is 0.920 bits per heavy atom. The van der Waals surface area contributed by atoms with Crippen LogP contribution in [0.5, 0.6) is 0 Å². The van der Waals surface area contributed by atoms with Gasteiger partial charge in [-0.2, -0.15) is 0 Å². The minimum atomic E-state index is -1.17. The normalized spacial score (nSPS) is 14.9. The lowest BCUT2D eigenvalue weighted by Gasteiger charge is -2.36. The molecule has 128 valence electrons. The second kappa shape index (κ2) is 8.05. The Morgan fingerprint density at radius 2 is 0.680 bits per heavy atom. The molecule has 0 aromatic heterocycles. The molecule has 0 bridgehead atoms. The van der Waals surface area contributed by atoms with Gasteiger partial charge in [0.1, 0.15) is 18.7 Å². The zero-order valence-electron chi connectivity index (χ0n) is 13.7. The van der Waals surface area contributed by atoms with Crippen LogP contribution in [0.3, 0.4) is 0 Å². The molecule has 0 unspecified atom stereocenters. The van der Waals surface area contributed by atoms with Crippen LogP contribution in [0.1, 0.15) is 35.4 Å². The summed E-state index contributed by atoms with van der Waals surface area (Å²) in [6.45, 7) is 0. The molecule has 3 aromatic carbocycles. The number of hydrogen-bond donors (Lipinski definition) is 3. The largest absolute Gasteiger partial charge is 0.374 e. The first kappa shape index (κ1) is 17.3. The van der Waals surface area contributed by atoms with E-state index in [1.165, 1.54) is 4.90 Å². The van der Waals surface area contributed by atoms with E-state index in [4.69, 9.17) is 0 Å². The topological polar surface area (TPSA) is 63.9 Å². The van der Waals surface area contributed by atoms with Crippen LogP contribution < -0.4 is 0 Å². The van der Waals surface area contributed by atoms with Crippen LogP contribution in [0.25, 0.3) is 0 Å². The first-order valence-corrected chi connectivity index (χ1v) is 8.15. The van der Waals surface area contributed by atoms with Crippen molar-refractivity contribution in [2.45, 2.75) is 18.7 Å². The quantitative estimate of drug-likeness (QED) is 0.605. The Hall–Kier alpha value is -2.50. The summed E-state index contributed by atoms with van der Waals surface area (Å²) in [6.07, 6.45) is -3.52. The van der Waals surface area contributed by atoms with E-state index in [0.717, 1.165) is 0 Å². The average Bonchev–Trinajstić information content (AvgIpc) is 2.70. The summed E-state index contributed by atoms with van der Waals surface area (Å²) in [7, 11) is 0. The zero-order chi connectivity index (χ0) is 17.6. The maximum absolute atomic E-state index is 10.8. The van der Waals surface area contributed by atoms with Crippen LogP contribution >= 0.6 is 0 Å². The summed E-state index contributed by atoms with van der Waals surface area (Å²) >= 11 is 0. The summed E-state index contributed by atoms with van der Waals surface area (Å²) in [5.74, 6) is 0. The van der Waals surface area contributed by atoms with E-state index in [0.29, 0.717) is 16.7 Å². The third-order valence-electron chi connectivity index (χ3n) is 4.14. The Labute approximate surface area is 147 Å². The van der Waals surface area contributed by atoms with Gasteiger partial charge in [0.2, 0.25) is 0 Å². The number of hydrogen-bond acceptors (Lipinski definition) is 4. The van der Waals surface area contributed by atoms with E-state index in [1.807, 2.05) is 18.2 Å². The van der Waals surface area contributed by atoms with Crippen molar-refractivity contribution in [1.29, 1.82) is 0 Å². The third-order valence-corrected chi connectivity index (χ3v) is 4.14. The van der Waals surface area contributed by atoms with Crippen molar-refractivity contribution >= 4 is 0 Å². The molecule has 4 nitrogen and oxygen atoms in total. The van der Waals surface area contributed by atoms with E-state index in [2.05, 4.69) is 0 Å². The van der Waals surface area contributed by atoms with Gasteiger partial charge in [-0.1, -0.05) is 91.0 Å². The SMILES string of the molecule is O[C@H](c1ccccc1)N([C@H](O)c1ccccc1)[C@H](O)c1ccccc1. The highest BCUT2D eigenvalue weighted by molar-refractivity contribution is 5.23. The lowest BCUT2D eigenvalue weighted by atomic mass is 10.1. The summed E-state index contributed by atoms with van der Waals surface area (Å²) in [5, 5.41) is 32.5. The van der Waals surface area contributed by atoms with Crippen molar-refractivity contribution in [3.63, 3.8) is 0 Å². The highest BCUT2D eigenvalue weighted by atomic mass is 16.4. The van der Waals surface area contributed by atoms with Crippen LogP contribution in [0.4, 0.5) is 0 Å². The van der Waals surface area contributed by atoms with E-state index < -0.39 is 18.7 Å².